The van der Waals surface area contributed by atoms with E-state index in [1.165, 1.54) is 10.5 Å². The van der Waals surface area contributed by atoms with Crippen molar-refractivity contribution in [2.75, 3.05) is 11.4 Å². The Morgan fingerprint density at radius 1 is 1.19 bits per heavy atom. The zero-order chi connectivity index (χ0) is 18.4. The highest BCUT2D eigenvalue weighted by Gasteiger charge is 2.35. The summed E-state index contributed by atoms with van der Waals surface area (Å²) in [6, 6.07) is 11.3. The molecular formula is C20H18N2O4. The first-order valence-corrected chi connectivity index (χ1v) is 8.44. The Morgan fingerprint density at radius 2 is 2.00 bits per heavy atom. The largest absolute Gasteiger partial charge is 0.481 e. The molecule has 26 heavy (non-hydrogen) atoms. The minimum Gasteiger partial charge on any atom is -0.481 e. The number of fused-ring (bicyclic) bond motifs is 1. The molecule has 1 N–H and O–H groups in total. The fourth-order valence-electron chi connectivity index (χ4n) is 3.20. The number of anilines is 1. The number of nitrogens with zero attached hydrogens (tertiary/aromatic N) is 2. The molecule has 1 atom stereocenters. The Balaban J connectivity index is 1.69. The molecule has 1 saturated heterocycles. The average Bonchev–Trinajstić information content (AvgIpc) is 3.20. The van der Waals surface area contributed by atoms with Crippen molar-refractivity contribution in [3.63, 3.8) is 0 Å². The number of hydrogen-bond donors (Lipinski definition) is 1. The van der Waals surface area contributed by atoms with Crippen LogP contribution in [0.3, 0.4) is 0 Å². The lowest BCUT2D eigenvalue weighted by atomic mass is 10.1. The highest BCUT2D eigenvalue weighted by molar-refractivity contribution is 6.00. The van der Waals surface area contributed by atoms with Crippen LogP contribution in [0.15, 0.2) is 40.8 Å². The summed E-state index contributed by atoms with van der Waals surface area (Å²) in [6.07, 6.45) is 0.0279. The minimum atomic E-state index is -0.944. The summed E-state index contributed by atoms with van der Waals surface area (Å²) in [5.74, 6) is -1.27. The van der Waals surface area contributed by atoms with Crippen molar-refractivity contribution in [1.82, 2.24) is 4.98 Å². The molecule has 1 aliphatic rings. The highest BCUT2D eigenvalue weighted by Crippen LogP contribution is 2.31. The summed E-state index contributed by atoms with van der Waals surface area (Å²) >= 11 is 0. The van der Waals surface area contributed by atoms with Gasteiger partial charge in [-0.15, -0.1) is 0 Å². The molecule has 1 aliphatic heterocycles. The number of oxazole rings is 1. The molecule has 0 saturated carbocycles. The maximum absolute atomic E-state index is 12.1. The van der Waals surface area contributed by atoms with Crippen molar-refractivity contribution in [2.24, 2.45) is 5.92 Å². The van der Waals surface area contributed by atoms with E-state index in [1.807, 2.05) is 25.1 Å². The molecule has 6 heteroatoms. The van der Waals surface area contributed by atoms with Crippen molar-refractivity contribution in [3.05, 3.63) is 47.5 Å². The molecule has 0 radical (unpaired) electrons. The predicted octanol–water partition coefficient (Wildman–Crippen LogP) is 3.55. The smallest absolute Gasteiger partial charge is 0.308 e. The molecule has 1 aromatic heterocycles. The van der Waals surface area contributed by atoms with Gasteiger partial charge in [0.2, 0.25) is 11.8 Å². The second-order valence-corrected chi connectivity index (χ2v) is 6.71. The maximum Gasteiger partial charge on any atom is 0.308 e. The molecule has 0 spiro atoms. The van der Waals surface area contributed by atoms with Crippen LogP contribution in [0.4, 0.5) is 5.69 Å². The summed E-state index contributed by atoms with van der Waals surface area (Å²) < 4.78 is 5.84. The van der Waals surface area contributed by atoms with Crippen LogP contribution in [0.5, 0.6) is 0 Å². The number of carboxylic acid groups (broad SMARTS) is 1. The topological polar surface area (TPSA) is 83.6 Å². The van der Waals surface area contributed by atoms with E-state index in [4.69, 9.17) is 9.52 Å². The van der Waals surface area contributed by atoms with E-state index in [1.54, 1.807) is 18.2 Å². The van der Waals surface area contributed by atoms with Crippen molar-refractivity contribution in [3.8, 4) is 11.5 Å². The first-order valence-electron chi connectivity index (χ1n) is 8.44. The van der Waals surface area contributed by atoms with E-state index in [0.29, 0.717) is 22.7 Å². The van der Waals surface area contributed by atoms with Crippen LogP contribution in [-0.2, 0) is 9.59 Å². The van der Waals surface area contributed by atoms with Crippen LogP contribution < -0.4 is 4.90 Å². The molecular weight excluding hydrogens is 332 g/mol. The second kappa shape index (κ2) is 5.98. The van der Waals surface area contributed by atoms with Crippen LogP contribution >= 0.6 is 0 Å². The lowest BCUT2D eigenvalue weighted by Gasteiger charge is -2.15. The number of hydrogen-bond acceptors (Lipinski definition) is 4. The molecule has 0 aliphatic carbocycles. The zero-order valence-corrected chi connectivity index (χ0v) is 14.5. The fraction of sp³-hybridized carbons (Fsp3) is 0.250. The van der Waals surface area contributed by atoms with Crippen molar-refractivity contribution < 1.29 is 19.1 Å². The van der Waals surface area contributed by atoms with Crippen LogP contribution in [-0.4, -0.2) is 28.5 Å². The summed E-state index contributed by atoms with van der Waals surface area (Å²) in [6.45, 7) is 4.27. The zero-order valence-electron chi connectivity index (χ0n) is 14.5. The van der Waals surface area contributed by atoms with Gasteiger partial charge in [0, 0.05) is 24.2 Å². The first-order chi connectivity index (χ1) is 12.4. The number of benzene rings is 2. The van der Waals surface area contributed by atoms with Gasteiger partial charge in [0.15, 0.2) is 5.58 Å². The number of aromatic nitrogens is 1. The minimum absolute atomic E-state index is 0.0279. The predicted molar refractivity (Wildman–Crippen MR) is 97.0 cm³/mol. The summed E-state index contributed by atoms with van der Waals surface area (Å²) in [4.78, 5) is 29.3. The van der Waals surface area contributed by atoms with Gasteiger partial charge in [0.05, 0.1) is 5.92 Å². The number of aryl methyl sites for hydroxylation is 2. The Labute approximate surface area is 150 Å². The molecule has 1 amide bonds. The van der Waals surface area contributed by atoms with E-state index in [2.05, 4.69) is 11.9 Å². The van der Waals surface area contributed by atoms with Crippen LogP contribution in [0.2, 0.25) is 0 Å². The number of rotatable bonds is 3. The third-order valence-corrected chi connectivity index (χ3v) is 4.91. The fourth-order valence-corrected chi connectivity index (χ4v) is 3.20. The van der Waals surface area contributed by atoms with Gasteiger partial charge in [0.1, 0.15) is 5.52 Å². The van der Waals surface area contributed by atoms with Gasteiger partial charge in [-0.1, -0.05) is 6.07 Å². The van der Waals surface area contributed by atoms with Gasteiger partial charge in [0.25, 0.3) is 0 Å². The molecule has 4 rings (SSSR count). The van der Waals surface area contributed by atoms with E-state index in [9.17, 15) is 9.59 Å². The molecule has 1 fully saturated rings. The Kier molecular flexibility index (Phi) is 3.76. The Bertz CT molecular complexity index is 1040. The number of aliphatic carboxylic acids is 1. The van der Waals surface area contributed by atoms with Crippen LogP contribution in [0.25, 0.3) is 22.6 Å². The molecule has 6 nitrogen and oxygen atoms in total. The summed E-state index contributed by atoms with van der Waals surface area (Å²) in [5, 5.41) is 9.13. The van der Waals surface area contributed by atoms with Crippen molar-refractivity contribution in [1.29, 1.82) is 0 Å². The molecule has 2 heterocycles. The van der Waals surface area contributed by atoms with E-state index >= 15 is 0 Å². The van der Waals surface area contributed by atoms with Gasteiger partial charge in [-0.2, -0.15) is 0 Å². The second-order valence-electron chi connectivity index (χ2n) is 6.71. The molecule has 132 valence electrons. The lowest BCUT2D eigenvalue weighted by molar-refractivity contribution is -0.141. The Hall–Kier alpha value is -3.15. The monoisotopic (exact) mass is 350 g/mol. The normalized spacial score (nSPS) is 17.2. The van der Waals surface area contributed by atoms with Crippen LogP contribution in [0.1, 0.15) is 17.5 Å². The van der Waals surface area contributed by atoms with Gasteiger partial charge < -0.3 is 14.4 Å². The third-order valence-electron chi connectivity index (χ3n) is 4.91. The Morgan fingerprint density at radius 3 is 2.69 bits per heavy atom. The first kappa shape index (κ1) is 16.3. The molecule has 3 aromatic rings. The molecule has 2 aromatic carbocycles. The van der Waals surface area contributed by atoms with E-state index in [-0.39, 0.29) is 18.9 Å². The van der Waals surface area contributed by atoms with Gasteiger partial charge >= 0.3 is 5.97 Å². The number of carbonyl (C=O) groups is 2. The average molecular weight is 350 g/mol. The number of carboxylic acids is 1. The van der Waals surface area contributed by atoms with E-state index < -0.39 is 11.9 Å². The van der Waals surface area contributed by atoms with Gasteiger partial charge in [-0.25, -0.2) is 4.98 Å². The SMILES string of the molecule is Cc1ccc(-c2nc3cc(N4C[C@H](C(=O)O)CC4=O)ccc3o2)cc1C. The summed E-state index contributed by atoms with van der Waals surface area (Å²) in [7, 11) is 0. The molecule has 0 bridgehead atoms. The quantitative estimate of drug-likeness (QED) is 0.781. The van der Waals surface area contributed by atoms with Crippen LogP contribution in [0, 0.1) is 19.8 Å². The third kappa shape index (κ3) is 2.73. The number of amides is 1. The standard InChI is InChI=1S/C20H18N2O4/c1-11-3-4-13(7-12(11)2)19-21-16-9-15(5-6-17(16)26-19)22-10-14(20(24)25)8-18(22)23/h3-7,9,14H,8,10H2,1-2H3,(H,24,25)/t14-/m1/s1. The van der Waals surface area contributed by atoms with Gasteiger partial charge in [-0.05, 0) is 55.3 Å². The maximum atomic E-state index is 12.1. The number of carbonyl (C=O) groups excluding carboxylic acids is 1. The summed E-state index contributed by atoms with van der Waals surface area (Å²) in [5.41, 5.74) is 5.17. The molecule has 0 unspecified atom stereocenters. The highest BCUT2D eigenvalue weighted by atomic mass is 16.4. The lowest BCUT2D eigenvalue weighted by Crippen LogP contribution is -2.25. The van der Waals surface area contributed by atoms with E-state index in [0.717, 1.165) is 11.1 Å². The van der Waals surface area contributed by atoms with Gasteiger partial charge in [-0.3, -0.25) is 9.59 Å². The van der Waals surface area contributed by atoms with Crippen molar-refractivity contribution in [2.45, 2.75) is 20.3 Å². The van der Waals surface area contributed by atoms with Crippen molar-refractivity contribution >= 4 is 28.7 Å².